The van der Waals surface area contributed by atoms with Gasteiger partial charge >= 0.3 is 0 Å². The summed E-state index contributed by atoms with van der Waals surface area (Å²) in [5.41, 5.74) is -0.925. The van der Waals surface area contributed by atoms with Crippen LogP contribution in [0.25, 0.3) is 0 Å². The summed E-state index contributed by atoms with van der Waals surface area (Å²) in [4.78, 5) is 0. The maximum atomic E-state index is 14.6. The molecule has 2 unspecified atom stereocenters. The molecule has 23 heavy (non-hydrogen) atoms. The van der Waals surface area contributed by atoms with Gasteiger partial charge in [-0.25, -0.2) is 4.39 Å². The molecule has 0 saturated carbocycles. The Morgan fingerprint density at radius 1 is 1.35 bits per heavy atom. The monoisotopic (exact) mass is 325 g/mol. The number of hydrogen-bond acceptors (Lipinski definition) is 4. The summed E-state index contributed by atoms with van der Waals surface area (Å²) >= 11 is 0. The van der Waals surface area contributed by atoms with Crippen molar-refractivity contribution in [2.45, 2.75) is 37.7 Å². The van der Waals surface area contributed by atoms with Gasteiger partial charge in [0.2, 0.25) is 0 Å². The van der Waals surface area contributed by atoms with Crippen molar-refractivity contribution in [1.82, 2.24) is 5.32 Å². The van der Waals surface area contributed by atoms with E-state index in [4.69, 9.17) is 9.47 Å². The molecule has 1 heterocycles. The Morgan fingerprint density at radius 2 is 2.17 bits per heavy atom. The van der Waals surface area contributed by atoms with Crippen molar-refractivity contribution < 1.29 is 19.0 Å². The van der Waals surface area contributed by atoms with E-state index in [0.717, 1.165) is 32.2 Å². The molecular weight excluding hydrogens is 297 g/mol. The van der Waals surface area contributed by atoms with Crippen LogP contribution >= 0.6 is 0 Å². The van der Waals surface area contributed by atoms with Crippen LogP contribution in [0.2, 0.25) is 0 Å². The first-order chi connectivity index (χ1) is 11.1. The highest BCUT2D eigenvalue weighted by Crippen LogP contribution is 2.43. The molecule has 0 aliphatic carbocycles. The average molecular weight is 325 g/mol. The normalized spacial score (nSPS) is 21.0. The van der Waals surface area contributed by atoms with Gasteiger partial charge in [0.15, 0.2) is 0 Å². The lowest BCUT2D eigenvalue weighted by Crippen LogP contribution is -2.45. The maximum absolute atomic E-state index is 14.6. The molecule has 1 aliphatic rings. The Morgan fingerprint density at radius 3 is 2.83 bits per heavy atom. The van der Waals surface area contributed by atoms with Crippen LogP contribution in [0.4, 0.5) is 4.39 Å². The summed E-state index contributed by atoms with van der Waals surface area (Å²) < 4.78 is 25.0. The zero-order valence-corrected chi connectivity index (χ0v) is 14.1. The fourth-order valence-electron chi connectivity index (χ4n) is 3.53. The summed E-state index contributed by atoms with van der Waals surface area (Å²) in [6.07, 6.45) is 3.99. The zero-order chi connectivity index (χ0) is 16.7. The van der Waals surface area contributed by atoms with Gasteiger partial charge < -0.3 is 19.9 Å². The standard InChI is InChI=1S/C18H28FNO3/c1-22-12-4-3-10-18(21,14-7-6-11-20-13-14)17-15(19)8-5-9-16(17)23-2/h5,8-9,14,20-21H,3-4,6-7,10-13H2,1-2H3. The molecule has 2 N–H and O–H groups in total. The Bertz CT molecular complexity index is 491. The maximum Gasteiger partial charge on any atom is 0.133 e. The van der Waals surface area contributed by atoms with Gasteiger partial charge in [-0.05, 0) is 50.8 Å². The Balaban J connectivity index is 2.32. The lowest BCUT2D eigenvalue weighted by molar-refractivity contribution is -0.0476. The van der Waals surface area contributed by atoms with Crippen LogP contribution in [0, 0.1) is 11.7 Å². The fourth-order valence-corrected chi connectivity index (χ4v) is 3.53. The van der Waals surface area contributed by atoms with Gasteiger partial charge in [-0.15, -0.1) is 0 Å². The highest BCUT2D eigenvalue weighted by molar-refractivity contribution is 5.40. The van der Waals surface area contributed by atoms with E-state index in [2.05, 4.69) is 5.32 Å². The largest absolute Gasteiger partial charge is 0.496 e. The highest BCUT2D eigenvalue weighted by Gasteiger charge is 2.42. The van der Waals surface area contributed by atoms with E-state index in [9.17, 15) is 9.50 Å². The van der Waals surface area contributed by atoms with Crippen molar-refractivity contribution in [2.24, 2.45) is 5.92 Å². The molecule has 1 aromatic rings. The number of piperidine rings is 1. The zero-order valence-electron chi connectivity index (χ0n) is 14.1. The molecule has 0 bridgehead atoms. The summed E-state index contributed by atoms with van der Waals surface area (Å²) in [5.74, 6) is -0.00132. The van der Waals surface area contributed by atoms with E-state index in [1.165, 1.54) is 13.2 Å². The Labute approximate surface area is 138 Å². The molecule has 2 rings (SSSR count). The van der Waals surface area contributed by atoms with Gasteiger partial charge in [0, 0.05) is 26.2 Å². The molecule has 1 saturated heterocycles. The number of aliphatic hydroxyl groups is 1. The summed E-state index contributed by atoms with van der Waals surface area (Å²) in [7, 11) is 3.18. The number of rotatable bonds is 8. The lowest BCUT2D eigenvalue weighted by atomic mass is 9.74. The Kier molecular flexibility index (Phi) is 6.81. The number of benzene rings is 1. The number of ether oxygens (including phenoxy) is 2. The predicted molar refractivity (Wildman–Crippen MR) is 88.2 cm³/mol. The molecule has 0 radical (unpaired) electrons. The van der Waals surface area contributed by atoms with Gasteiger partial charge in [0.05, 0.1) is 12.7 Å². The van der Waals surface area contributed by atoms with E-state index in [1.54, 1.807) is 19.2 Å². The SMILES string of the molecule is COCCCCC(O)(c1c(F)cccc1OC)C1CCCNC1. The minimum atomic E-state index is -1.22. The van der Waals surface area contributed by atoms with Crippen LogP contribution in [0.1, 0.15) is 37.7 Å². The first-order valence-corrected chi connectivity index (χ1v) is 8.38. The van der Waals surface area contributed by atoms with E-state index in [0.29, 0.717) is 30.9 Å². The molecule has 1 aliphatic heterocycles. The molecule has 0 amide bonds. The van der Waals surface area contributed by atoms with Gasteiger partial charge in [0.25, 0.3) is 0 Å². The molecule has 1 fully saturated rings. The topological polar surface area (TPSA) is 50.7 Å². The number of halogens is 1. The van der Waals surface area contributed by atoms with Crippen molar-refractivity contribution in [2.75, 3.05) is 33.9 Å². The molecular formula is C18H28FNO3. The van der Waals surface area contributed by atoms with E-state index in [1.807, 2.05) is 0 Å². The van der Waals surface area contributed by atoms with Gasteiger partial charge in [-0.2, -0.15) is 0 Å². The lowest BCUT2D eigenvalue weighted by Gasteiger charge is -2.40. The third kappa shape index (κ3) is 4.22. The summed E-state index contributed by atoms with van der Waals surface area (Å²) in [6, 6.07) is 4.73. The van der Waals surface area contributed by atoms with Crippen LogP contribution < -0.4 is 10.1 Å². The molecule has 0 aromatic heterocycles. The number of methoxy groups -OCH3 is 2. The van der Waals surface area contributed by atoms with Crippen LogP contribution in [0.5, 0.6) is 5.75 Å². The molecule has 4 nitrogen and oxygen atoms in total. The molecule has 5 heteroatoms. The third-order valence-corrected chi connectivity index (χ3v) is 4.76. The second-order valence-corrected chi connectivity index (χ2v) is 6.23. The predicted octanol–water partition coefficient (Wildman–Crippen LogP) is 2.84. The second kappa shape index (κ2) is 8.62. The van der Waals surface area contributed by atoms with Crippen molar-refractivity contribution >= 4 is 0 Å². The summed E-state index contributed by atoms with van der Waals surface area (Å²) in [6.45, 7) is 2.29. The third-order valence-electron chi connectivity index (χ3n) is 4.76. The second-order valence-electron chi connectivity index (χ2n) is 6.23. The smallest absolute Gasteiger partial charge is 0.133 e. The van der Waals surface area contributed by atoms with Crippen LogP contribution in [0.15, 0.2) is 18.2 Å². The number of unbranched alkanes of at least 4 members (excludes halogenated alkanes) is 1. The molecule has 1 aromatic carbocycles. The minimum Gasteiger partial charge on any atom is -0.496 e. The summed E-state index contributed by atoms with van der Waals surface area (Å²) in [5, 5.41) is 14.8. The highest BCUT2D eigenvalue weighted by atomic mass is 19.1. The molecule has 130 valence electrons. The van der Waals surface area contributed by atoms with Gasteiger partial charge in [-0.3, -0.25) is 0 Å². The van der Waals surface area contributed by atoms with Crippen LogP contribution in [-0.2, 0) is 10.3 Å². The minimum absolute atomic E-state index is 0.0235. The van der Waals surface area contributed by atoms with E-state index in [-0.39, 0.29) is 5.92 Å². The average Bonchev–Trinajstić information content (AvgIpc) is 2.59. The van der Waals surface area contributed by atoms with Crippen molar-refractivity contribution in [3.63, 3.8) is 0 Å². The van der Waals surface area contributed by atoms with Crippen LogP contribution in [0.3, 0.4) is 0 Å². The molecule has 0 spiro atoms. The van der Waals surface area contributed by atoms with Crippen LogP contribution in [-0.4, -0.2) is 39.0 Å². The quantitative estimate of drug-likeness (QED) is 0.722. The van der Waals surface area contributed by atoms with Gasteiger partial charge in [-0.1, -0.05) is 6.07 Å². The molecule has 2 atom stereocenters. The van der Waals surface area contributed by atoms with Crippen molar-refractivity contribution in [3.05, 3.63) is 29.6 Å². The Hall–Kier alpha value is -1.17. The fraction of sp³-hybridized carbons (Fsp3) is 0.667. The first kappa shape index (κ1) is 18.2. The van der Waals surface area contributed by atoms with Crippen molar-refractivity contribution in [3.8, 4) is 5.75 Å². The van der Waals surface area contributed by atoms with E-state index < -0.39 is 11.4 Å². The number of hydrogen-bond donors (Lipinski definition) is 2. The van der Waals surface area contributed by atoms with Crippen molar-refractivity contribution in [1.29, 1.82) is 0 Å². The first-order valence-electron chi connectivity index (χ1n) is 8.38. The van der Waals surface area contributed by atoms with E-state index >= 15 is 0 Å². The van der Waals surface area contributed by atoms with Gasteiger partial charge in [0.1, 0.15) is 17.2 Å². The number of nitrogens with one attached hydrogen (secondary N) is 1.